The van der Waals surface area contributed by atoms with E-state index >= 15 is 0 Å². The first-order chi connectivity index (χ1) is 15.1. The van der Waals surface area contributed by atoms with Gasteiger partial charge >= 0.3 is 6.03 Å². The SMILES string of the molecule is O=C(Nc1ccc(F)c(Cl)c1)N1Cc2ccccc2-n2cccc2[C@H]1c1ccccc1. The van der Waals surface area contributed by atoms with Crippen LogP contribution in [0.15, 0.2) is 91.1 Å². The normalized spacial score (nSPS) is 15.0. The van der Waals surface area contributed by atoms with E-state index in [1.54, 1.807) is 4.90 Å². The van der Waals surface area contributed by atoms with Gasteiger partial charge in [-0.2, -0.15) is 0 Å². The number of amides is 2. The Kier molecular flexibility index (Phi) is 4.96. The summed E-state index contributed by atoms with van der Waals surface area (Å²) < 4.78 is 15.7. The van der Waals surface area contributed by atoms with E-state index < -0.39 is 5.82 Å². The first kappa shape index (κ1) is 19.4. The molecule has 0 aliphatic carbocycles. The van der Waals surface area contributed by atoms with Crippen molar-refractivity contribution in [2.75, 3.05) is 5.32 Å². The third kappa shape index (κ3) is 3.57. The van der Waals surface area contributed by atoms with Gasteiger partial charge in [0.1, 0.15) is 5.82 Å². The fourth-order valence-corrected chi connectivity index (χ4v) is 4.28. The number of halogens is 2. The van der Waals surface area contributed by atoms with Gasteiger partial charge in [-0.1, -0.05) is 60.1 Å². The molecule has 0 radical (unpaired) electrons. The molecule has 2 heterocycles. The van der Waals surface area contributed by atoms with Crippen molar-refractivity contribution in [1.29, 1.82) is 0 Å². The number of nitrogens with zero attached hydrogens (tertiary/aromatic N) is 2. The van der Waals surface area contributed by atoms with E-state index in [2.05, 4.69) is 16.0 Å². The fraction of sp³-hybridized carbons (Fsp3) is 0.0800. The molecule has 31 heavy (non-hydrogen) atoms. The van der Waals surface area contributed by atoms with Crippen LogP contribution in [-0.2, 0) is 6.54 Å². The number of nitrogens with one attached hydrogen (secondary N) is 1. The molecule has 0 unspecified atom stereocenters. The number of para-hydroxylation sites is 1. The third-order valence-corrected chi connectivity index (χ3v) is 5.80. The number of carbonyl (C=O) groups is 1. The molecule has 1 aromatic heterocycles. The van der Waals surface area contributed by atoms with E-state index in [-0.39, 0.29) is 17.1 Å². The Morgan fingerprint density at radius 3 is 2.55 bits per heavy atom. The van der Waals surface area contributed by atoms with E-state index in [9.17, 15) is 9.18 Å². The molecule has 1 N–H and O–H groups in total. The summed E-state index contributed by atoms with van der Waals surface area (Å²) in [6, 6.07) is 25.6. The highest BCUT2D eigenvalue weighted by Crippen LogP contribution is 2.37. The van der Waals surface area contributed by atoms with Gasteiger partial charge < -0.3 is 14.8 Å². The van der Waals surface area contributed by atoms with Crippen LogP contribution in [0, 0.1) is 5.82 Å². The van der Waals surface area contributed by atoms with Gasteiger partial charge in [-0.25, -0.2) is 9.18 Å². The molecule has 1 aliphatic rings. The van der Waals surface area contributed by atoms with Gasteiger partial charge in [0.25, 0.3) is 0 Å². The molecule has 0 saturated carbocycles. The quantitative estimate of drug-likeness (QED) is 0.391. The summed E-state index contributed by atoms with van der Waals surface area (Å²) in [6.45, 7) is 0.415. The van der Waals surface area contributed by atoms with Crippen LogP contribution in [0.1, 0.15) is 22.9 Å². The summed E-state index contributed by atoms with van der Waals surface area (Å²) in [5, 5.41) is 2.85. The summed E-state index contributed by atoms with van der Waals surface area (Å²) in [4.78, 5) is 15.3. The molecule has 0 fully saturated rings. The predicted molar refractivity (Wildman–Crippen MR) is 120 cm³/mol. The van der Waals surface area contributed by atoms with E-state index in [0.29, 0.717) is 12.2 Å². The van der Waals surface area contributed by atoms with E-state index in [4.69, 9.17) is 11.6 Å². The minimum Gasteiger partial charge on any atom is -0.318 e. The molecule has 4 nitrogen and oxygen atoms in total. The van der Waals surface area contributed by atoms with Crippen molar-refractivity contribution in [2.24, 2.45) is 0 Å². The Morgan fingerprint density at radius 2 is 1.74 bits per heavy atom. The summed E-state index contributed by atoms with van der Waals surface area (Å²) in [5.74, 6) is -0.525. The number of anilines is 1. The number of hydrogen-bond acceptors (Lipinski definition) is 1. The number of rotatable bonds is 2. The Labute approximate surface area is 184 Å². The zero-order chi connectivity index (χ0) is 21.4. The largest absolute Gasteiger partial charge is 0.322 e. The van der Waals surface area contributed by atoms with Gasteiger partial charge in [0.15, 0.2) is 0 Å². The lowest BCUT2D eigenvalue weighted by molar-refractivity contribution is 0.194. The van der Waals surface area contributed by atoms with Crippen LogP contribution in [0.25, 0.3) is 5.69 Å². The topological polar surface area (TPSA) is 37.3 Å². The van der Waals surface area contributed by atoms with Crippen LogP contribution in [-0.4, -0.2) is 15.5 Å². The zero-order valence-electron chi connectivity index (χ0n) is 16.5. The van der Waals surface area contributed by atoms with Crippen molar-refractivity contribution in [1.82, 2.24) is 9.47 Å². The molecular weight excluding hydrogens is 413 g/mol. The van der Waals surface area contributed by atoms with Gasteiger partial charge in [-0.3, -0.25) is 0 Å². The molecule has 1 aliphatic heterocycles. The number of urea groups is 1. The van der Waals surface area contributed by atoms with Crippen LogP contribution >= 0.6 is 11.6 Å². The number of benzene rings is 3. The first-order valence-electron chi connectivity index (χ1n) is 9.95. The molecule has 0 bridgehead atoms. The highest BCUT2D eigenvalue weighted by molar-refractivity contribution is 6.31. The Morgan fingerprint density at radius 1 is 0.968 bits per heavy atom. The first-order valence-corrected chi connectivity index (χ1v) is 10.3. The number of carbonyl (C=O) groups excluding carboxylic acids is 1. The Hall–Kier alpha value is -3.57. The highest BCUT2D eigenvalue weighted by atomic mass is 35.5. The highest BCUT2D eigenvalue weighted by Gasteiger charge is 2.32. The molecule has 6 heteroatoms. The van der Waals surface area contributed by atoms with Crippen molar-refractivity contribution in [3.05, 3.63) is 119 Å². The average molecular weight is 432 g/mol. The lowest BCUT2D eigenvalue weighted by atomic mass is 10.0. The van der Waals surface area contributed by atoms with Gasteiger partial charge in [-0.05, 0) is 47.5 Å². The molecule has 1 atom stereocenters. The minimum atomic E-state index is -0.525. The van der Waals surface area contributed by atoms with E-state index in [1.165, 1.54) is 18.2 Å². The molecule has 5 rings (SSSR count). The summed E-state index contributed by atoms with van der Waals surface area (Å²) >= 11 is 5.91. The lowest BCUT2D eigenvalue weighted by Crippen LogP contribution is -2.37. The predicted octanol–water partition coefficient (Wildman–Crippen LogP) is 6.41. The molecule has 154 valence electrons. The average Bonchev–Trinajstić information content (AvgIpc) is 3.21. The van der Waals surface area contributed by atoms with Crippen LogP contribution in [0.2, 0.25) is 5.02 Å². The van der Waals surface area contributed by atoms with Crippen LogP contribution < -0.4 is 5.32 Å². The van der Waals surface area contributed by atoms with Crippen LogP contribution in [0.5, 0.6) is 0 Å². The molecular formula is C25H19ClFN3O. The Bertz CT molecular complexity index is 1250. The maximum atomic E-state index is 13.6. The van der Waals surface area contributed by atoms with Gasteiger partial charge in [0.05, 0.1) is 23.3 Å². The van der Waals surface area contributed by atoms with Crippen molar-refractivity contribution in [3.63, 3.8) is 0 Å². The van der Waals surface area contributed by atoms with E-state index in [1.807, 2.05) is 66.9 Å². The monoisotopic (exact) mass is 431 g/mol. The fourth-order valence-electron chi connectivity index (χ4n) is 4.09. The molecule has 0 saturated heterocycles. The summed E-state index contributed by atoms with van der Waals surface area (Å²) in [6.07, 6.45) is 2.02. The van der Waals surface area contributed by atoms with Gasteiger partial charge in [0, 0.05) is 17.6 Å². The number of aromatic nitrogens is 1. The van der Waals surface area contributed by atoms with Crippen molar-refractivity contribution >= 4 is 23.3 Å². The Balaban J connectivity index is 1.61. The third-order valence-electron chi connectivity index (χ3n) is 5.51. The van der Waals surface area contributed by atoms with Crippen molar-refractivity contribution in [3.8, 4) is 5.69 Å². The van der Waals surface area contributed by atoms with Gasteiger partial charge in [-0.15, -0.1) is 0 Å². The second kappa shape index (κ2) is 7.93. The molecule has 3 aromatic carbocycles. The van der Waals surface area contributed by atoms with Crippen molar-refractivity contribution < 1.29 is 9.18 Å². The number of hydrogen-bond donors (Lipinski definition) is 1. The standard InChI is InChI=1S/C25H19ClFN3O/c26-20-15-19(12-13-21(20)27)28-25(31)30-16-18-9-4-5-10-22(18)29-14-6-11-23(29)24(30)17-7-2-1-3-8-17/h1-15,24H,16H2,(H,28,31)/t24-/m1/s1. The minimum absolute atomic E-state index is 0.0347. The van der Waals surface area contributed by atoms with Crippen LogP contribution in [0.4, 0.5) is 14.9 Å². The molecule has 4 aromatic rings. The maximum Gasteiger partial charge on any atom is 0.322 e. The second-order valence-electron chi connectivity index (χ2n) is 7.43. The smallest absolute Gasteiger partial charge is 0.318 e. The van der Waals surface area contributed by atoms with Crippen LogP contribution in [0.3, 0.4) is 0 Å². The van der Waals surface area contributed by atoms with Gasteiger partial charge in [0.2, 0.25) is 0 Å². The second-order valence-corrected chi connectivity index (χ2v) is 7.84. The summed E-state index contributed by atoms with van der Waals surface area (Å²) in [7, 11) is 0. The molecule has 0 spiro atoms. The zero-order valence-corrected chi connectivity index (χ0v) is 17.3. The number of fused-ring (bicyclic) bond motifs is 3. The van der Waals surface area contributed by atoms with Crippen molar-refractivity contribution in [2.45, 2.75) is 12.6 Å². The maximum absolute atomic E-state index is 13.6. The summed E-state index contributed by atoms with van der Waals surface area (Å²) in [5.41, 5.74) is 4.51. The van der Waals surface area contributed by atoms with E-state index in [0.717, 1.165) is 22.5 Å². The molecule has 2 amide bonds. The lowest BCUT2D eigenvalue weighted by Gasteiger charge is -2.31.